The van der Waals surface area contributed by atoms with Gasteiger partial charge in [-0.25, -0.2) is 0 Å². The van der Waals surface area contributed by atoms with E-state index in [1.54, 1.807) is 0 Å². The molecule has 0 saturated heterocycles. The lowest BCUT2D eigenvalue weighted by atomic mass is 10.4. The predicted octanol–water partition coefficient (Wildman–Crippen LogP) is 10.5. The molecule has 6 nitrogen and oxygen atoms in total. The molecular weight excluding hydrogens is 947 g/mol. The van der Waals surface area contributed by atoms with Crippen LogP contribution in [0.1, 0.15) is 82.1 Å². The highest BCUT2D eigenvalue weighted by Gasteiger charge is 2.40. The summed E-state index contributed by atoms with van der Waals surface area (Å²) in [5.74, 6) is 0. The van der Waals surface area contributed by atoms with Crippen LogP contribution in [0.5, 0.6) is 0 Å². The number of nitrogens with zero attached hydrogens (tertiary/aromatic N) is 2. The summed E-state index contributed by atoms with van der Waals surface area (Å²) in [4.78, 5) is 4.22. The van der Waals surface area contributed by atoms with Crippen LogP contribution < -0.4 is 24.0 Å². The van der Waals surface area contributed by atoms with E-state index in [1.165, 1.54) is 69.2 Å². The molecule has 50 heavy (non-hydrogen) atoms. The largest absolute Gasteiger partial charge is 1.00 e. The van der Waals surface area contributed by atoms with Gasteiger partial charge in [-0.2, -0.15) is 0 Å². The van der Waals surface area contributed by atoms with Gasteiger partial charge in [-0.15, -0.1) is 0 Å². The van der Waals surface area contributed by atoms with Crippen molar-refractivity contribution in [3.05, 3.63) is 0 Å². The van der Waals surface area contributed by atoms with Crippen LogP contribution in [0.15, 0.2) is 0 Å². The second-order valence-electron chi connectivity index (χ2n) is 17.5. The zero-order valence-electron chi connectivity index (χ0n) is 34.8. The minimum atomic E-state index is -2.00. The van der Waals surface area contributed by atoms with E-state index in [4.69, 9.17) is 16.5 Å². The molecule has 316 valence electrons. The Kier molecular flexibility index (Phi) is 45.8. The Bertz CT molecular complexity index is 757. The summed E-state index contributed by atoms with van der Waals surface area (Å²) >= 11 is 2.15. The number of rotatable bonds is 22. The molecule has 0 aliphatic rings. The van der Waals surface area contributed by atoms with Crippen LogP contribution in [0.4, 0.5) is 0 Å². The van der Waals surface area contributed by atoms with E-state index >= 15 is 0 Å². The quantitative estimate of drug-likeness (QED) is 0.0468. The van der Waals surface area contributed by atoms with Gasteiger partial charge < -0.3 is 49.8 Å². The van der Waals surface area contributed by atoms with Crippen molar-refractivity contribution in [2.45, 2.75) is 185 Å². The SMILES string of the molecule is C.C.C.C.CCCC[Si](C)(C)O[Si](C)(C)O[Si](C)(C)CCCN(C)C.CCCC[Si](C)(C)O[Si](C)(C)O[Si](C)(C)CCC[N+](C)(C)C.CI.[I-]. The second kappa shape index (κ2) is 32.6. The lowest BCUT2D eigenvalue weighted by Crippen LogP contribution is -3.00. The van der Waals surface area contributed by atoms with E-state index in [0.29, 0.717) is 0 Å². The number of unbranched alkanes of at least 4 members (excludes halogenated alkanes) is 2. The number of halogens is 2. The Labute approximate surface area is 357 Å². The summed E-state index contributed by atoms with van der Waals surface area (Å²) in [6.45, 7) is 34.7. The fourth-order valence-corrected chi connectivity index (χ4v) is 34.4. The second-order valence-corrected chi connectivity index (χ2v) is 42.4. The summed E-state index contributed by atoms with van der Waals surface area (Å²) in [5.41, 5.74) is 0. The van der Waals surface area contributed by atoms with E-state index in [0.717, 1.165) is 11.0 Å². The molecule has 0 N–H and O–H groups in total. The first-order valence-corrected chi connectivity index (χ1v) is 38.0. The number of hydrogen-bond acceptors (Lipinski definition) is 5. The van der Waals surface area contributed by atoms with Gasteiger partial charge in [0.05, 0.1) is 27.7 Å². The van der Waals surface area contributed by atoms with E-state index in [9.17, 15) is 0 Å². The summed E-state index contributed by atoms with van der Waals surface area (Å²) in [6.07, 6.45) is 7.57. The van der Waals surface area contributed by atoms with Crippen LogP contribution in [-0.2, 0) is 16.5 Å². The molecule has 0 spiro atoms. The van der Waals surface area contributed by atoms with Crippen molar-refractivity contribution < 1.29 is 44.9 Å². The molecule has 0 bridgehead atoms. The topological polar surface area (TPSA) is 40.2 Å². The van der Waals surface area contributed by atoms with E-state index in [2.05, 4.69) is 155 Å². The van der Waals surface area contributed by atoms with E-state index in [1.807, 2.05) is 4.93 Å². The number of quaternary nitrogens is 1. The molecule has 0 radical (unpaired) electrons. The summed E-state index contributed by atoms with van der Waals surface area (Å²) in [6, 6.07) is 4.97. The fraction of sp³-hybridized carbons (Fsp3) is 1.00. The summed E-state index contributed by atoms with van der Waals surface area (Å²) < 4.78 is 27.4. The van der Waals surface area contributed by atoms with Crippen molar-refractivity contribution in [1.82, 2.24) is 4.90 Å². The summed E-state index contributed by atoms with van der Waals surface area (Å²) in [7, 11) is 0.724. The Morgan fingerprint density at radius 2 is 0.720 bits per heavy atom. The predicted molar refractivity (Wildman–Crippen MR) is 256 cm³/mol. The van der Waals surface area contributed by atoms with Gasteiger partial charge in [-0.3, -0.25) is 0 Å². The molecule has 0 aliphatic heterocycles. The third-order valence-electron chi connectivity index (χ3n) is 7.35. The van der Waals surface area contributed by atoms with Crippen LogP contribution >= 0.6 is 22.6 Å². The minimum Gasteiger partial charge on any atom is -1.00 e. The van der Waals surface area contributed by atoms with Crippen molar-refractivity contribution in [1.29, 1.82) is 0 Å². The Morgan fingerprint density at radius 3 is 0.940 bits per heavy atom. The molecule has 14 heteroatoms. The van der Waals surface area contributed by atoms with Gasteiger partial charge in [0.25, 0.3) is 0 Å². The molecule has 0 fully saturated rings. The van der Waals surface area contributed by atoms with Crippen LogP contribution in [0.3, 0.4) is 0 Å². The van der Waals surface area contributed by atoms with Crippen molar-refractivity contribution in [3.8, 4) is 0 Å². The molecule has 0 aromatic carbocycles. The lowest BCUT2D eigenvalue weighted by molar-refractivity contribution is -0.870. The molecule has 0 aromatic heterocycles. The van der Waals surface area contributed by atoms with Crippen molar-refractivity contribution in [3.63, 3.8) is 0 Å². The average Bonchev–Trinajstić information content (AvgIpc) is 2.78. The zero-order valence-corrected chi connectivity index (χ0v) is 45.1. The summed E-state index contributed by atoms with van der Waals surface area (Å²) in [5, 5.41) is 0. The third-order valence-corrected chi connectivity index (χ3v) is 30.3. The normalized spacial score (nSPS) is 12.4. The first-order valence-electron chi connectivity index (χ1n) is 17.7. The maximum absolute atomic E-state index is 6.64. The van der Waals surface area contributed by atoms with E-state index in [-0.39, 0.29) is 53.7 Å². The van der Waals surface area contributed by atoms with Gasteiger partial charge in [0.15, 0.2) is 33.3 Å². The minimum absolute atomic E-state index is 0. The monoisotopic (exact) mass is 1050 g/mol. The highest BCUT2D eigenvalue weighted by atomic mass is 127. The van der Waals surface area contributed by atoms with Crippen molar-refractivity contribution in [2.75, 3.05) is 53.3 Å². The molecule has 0 unspecified atom stereocenters. The van der Waals surface area contributed by atoms with Crippen LogP contribution in [0, 0.1) is 0 Å². The zero-order chi connectivity index (χ0) is 36.4. The van der Waals surface area contributed by atoms with Gasteiger partial charge in [-0.05, 0) is 141 Å². The maximum atomic E-state index is 6.64. The molecule has 0 atom stereocenters. The highest BCUT2D eigenvalue weighted by molar-refractivity contribution is 14.1. The first kappa shape index (κ1) is 70.3. The fourth-order valence-electron chi connectivity index (χ4n) is 5.91. The van der Waals surface area contributed by atoms with Gasteiger partial charge >= 0.3 is 17.1 Å². The maximum Gasteiger partial charge on any atom is 0.311 e. The molecule has 0 rings (SSSR count). The molecular formula is C36H100I2N2O4Si6. The lowest BCUT2D eigenvalue weighted by Gasteiger charge is -2.39. The van der Waals surface area contributed by atoms with Crippen molar-refractivity contribution in [2.24, 2.45) is 0 Å². The van der Waals surface area contributed by atoms with Gasteiger partial charge in [0, 0.05) is 0 Å². The molecule has 0 amide bonds. The molecule has 0 saturated carbocycles. The van der Waals surface area contributed by atoms with E-state index < -0.39 is 50.4 Å². The average molecular weight is 1050 g/mol. The Morgan fingerprint density at radius 1 is 0.480 bits per heavy atom. The smallest absolute Gasteiger partial charge is 0.311 e. The molecule has 0 aliphatic carbocycles. The Hall–Kier alpha value is 2.52. The number of hydrogen-bond donors (Lipinski definition) is 0. The van der Waals surface area contributed by atoms with Gasteiger partial charge in [-0.1, -0.05) is 91.8 Å². The molecule has 0 aromatic rings. The number of alkyl halides is 1. The van der Waals surface area contributed by atoms with Gasteiger partial charge in [0.1, 0.15) is 0 Å². The third kappa shape index (κ3) is 46.7. The van der Waals surface area contributed by atoms with Crippen LogP contribution in [0.25, 0.3) is 0 Å². The Balaban J connectivity index is -0.000000102. The van der Waals surface area contributed by atoms with Gasteiger partial charge in [0.2, 0.25) is 0 Å². The highest BCUT2D eigenvalue weighted by Crippen LogP contribution is 2.28. The van der Waals surface area contributed by atoms with Crippen LogP contribution in [-0.4, -0.2) is 113 Å². The standard InChI is InChI=1S/C16H42NO2Si3.C15H39NO2Si3.CH3I.4CH4.HI/c1-11-12-15-20(5,6)18-22(9,10)19-21(7,8)16-13-14-17(2,3)4;1-10-11-14-19(4,5)17-21(8,9)18-20(6,7)15-12-13-16(2)3;1-2;;;;;/h11-16H2,1-10H3;10-15H2,1-9H3;1H3;4*1H4;1H/q+1;;;;;;;/p-1. The van der Waals surface area contributed by atoms with Crippen LogP contribution in [0.2, 0.25) is 103 Å². The first-order chi connectivity index (χ1) is 20.1. The molecule has 0 heterocycles. The van der Waals surface area contributed by atoms with Crippen molar-refractivity contribution >= 4 is 73.0 Å².